The third-order valence-electron chi connectivity index (χ3n) is 3.34. The molecule has 2 aromatic rings. The van der Waals surface area contributed by atoms with Gasteiger partial charge in [0, 0.05) is 38.6 Å². The van der Waals surface area contributed by atoms with E-state index >= 15 is 0 Å². The van der Waals surface area contributed by atoms with Crippen LogP contribution in [0.4, 0.5) is 11.4 Å². The van der Waals surface area contributed by atoms with Crippen molar-refractivity contribution in [2.75, 3.05) is 11.0 Å². The fraction of sp³-hybridized carbons (Fsp3) is 0.125. The summed E-state index contributed by atoms with van der Waals surface area (Å²) in [5.74, 6) is -4.17. The van der Waals surface area contributed by atoms with Crippen LogP contribution in [0.2, 0.25) is 0 Å². The average molecular weight is 392 g/mol. The molecule has 2 aromatic heterocycles. The molecule has 0 saturated carbocycles. The highest BCUT2D eigenvalue weighted by atomic mass is 16.7. The molecule has 0 atom stereocenters. The highest BCUT2D eigenvalue weighted by Crippen LogP contribution is 2.13. The molecule has 2 rings (SSSR count). The molecule has 0 aliphatic carbocycles. The average Bonchev–Trinajstić information content (AvgIpc) is 3.18. The van der Waals surface area contributed by atoms with Gasteiger partial charge in [-0.05, 0) is 12.1 Å². The van der Waals surface area contributed by atoms with Crippen LogP contribution in [0.3, 0.4) is 0 Å². The Hall–Kier alpha value is -4.22. The lowest BCUT2D eigenvalue weighted by Crippen LogP contribution is -2.10. The number of carboxylic acids is 2. The molecule has 0 bridgehead atoms. The summed E-state index contributed by atoms with van der Waals surface area (Å²) in [5.41, 5.74) is 4.92. The third kappa shape index (κ3) is 5.14. The van der Waals surface area contributed by atoms with E-state index < -0.39 is 23.9 Å². The van der Waals surface area contributed by atoms with Crippen molar-refractivity contribution in [2.24, 2.45) is 14.1 Å². The minimum absolute atomic E-state index is 0.0179. The van der Waals surface area contributed by atoms with E-state index in [4.69, 9.17) is 10.2 Å². The molecule has 0 amide bonds. The molecule has 0 spiro atoms. The van der Waals surface area contributed by atoms with E-state index in [0.717, 1.165) is 12.2 Å². The van der Waals surface area contributed by atoms with Gasteiger partial charge < -0.3 is 29.0 Å². The molecule has 12 nitrogen and oxygen atoms in total. The maximum absolute atomic E-state index is 11.6. The number of hydrogen-bond acceptors (Lipinski definition) is 8. The van der Waals surface area contributed by atoms with Crippen LogP contribution < -0.4 is 11.0 Å². The minimum atomic E-state index is -1.15. The van der Waals surface area contributed by atoms with Crippen LogP contribution in [-0.2, 0) is 33.4 Å². The Morgan fingerprint density at radius 2 is 1.18 bits per heavy atom. The number of carbonyl (C=O) groups excluding carboxylic acids is 2. The number of hydrogen-bond donors (Lipinski definition) is 4. The number of anilines is 2. The number of rotatable bonds is 8. The molecule has 0 fully saturated rings. The van der Waals surface area contributed by atoms with Crippen LogP contribution in [0.1, 0.15) is 21.0 Å². The fourth-order valence-corrected chi connectivity index (χ4v) is 2.09. The predicted molar refractivity (Wildman–Crippen MR) is 93.3 cm³/mol. The quantitative estimate of drug-likeness (QED) is 0.373. The lowest BCUT2D eigenvalue weighted by Gasteiger charge is -2.02. The van der Waals surface area contributed by atoms with Crippen molar-refractivity contribution in [1.82, 2.24) is 9.13 Å². The van der Waals surface area contributed by atoms with Crippen LogP contribution in [0.25, 0.3) is 0 Å². The summed E-state index contributed by atoms with van der Waals surface area (Å²) in [6.45, 7) is 0. The van der Waals surface area contributed by atoms with Gasteiger partial charge in [-0.25, -0.2) is 30.1 Å². The van der Waals surface area contributed by atoms with Crippen molar-refractivity contribution in [3.05, 3.63) is 48.1 Å². The van der Waals surface area contributed by atoms with Gasteiger partial charge in [-0.2, -0.15) is 0 Å². The molecule has 148 valence electrons. The van der Waals surface area contributed by atoms with Crippen LogP contribution >= 0.6 is 0 Å². The first-order chi connectivity index (χ1) is 13.2. The normalized spacial score (nSPS) is 10.5. The summed E-state index contributed by atoms with van der Waals surface area (Å²) < 4.78 is 2.63. The van der Waals surface area contributed by atoms with Gasteiger partial charge in [-0.15, -0.1) is 0 Å². The summed E-state index contributed by atoms with van der Waals surface area (Å²) in [6, 6.07) is 2.51. The first-order valence-corrected chi connectivity index (χ1v) is 7.58. The largest absolute Gasteiger partial charge is 0.477 e. The van der Waals surface area contributed by atoms with Gasteiger partial charge in [0.05, 0.1) is 11.4 Å². The molecular weight excluding hydrogens is 376 g/mol. The Balaban J connectivity index is 1.80. The molecule has 28 heavy (non-hydrogen) atoms. The van der Waals surface area contributed by atoms with E-state index in [1.807, 2.05) is 0 Å². The van der Waals surface area contributed by atoms with Gasteiger partial charge in [-0.1, -0.05) is 0 Å². The zero-order valence-corrected chi connectivity index (χ0v) is 14.7. The number of carboxylic acid groups (broad SMARTS) is 2. The second-order valence-electron chi connectivity index (χ2n) is 5.44. The number of aryl methyl sites for hydroxylation is 2. The second-order valence-corrected chi connectivity index (χ2v) is 5.44. The summed E-state index contributed by atoms with van der Waals surface area (Å²) in [5, 5.41) is 17.8. The smallest absolute Gasteiger partial charge is 0.355 e. The number of carbonyl (C=O) groups is 4. The number of nitrogens with zero attached hydrogens (tertiary/aromatic N) is 2. The minimum Gasteiger partial charge on any atom is -0.477 e. The highest BCUT2D eigenvalue weighted by molar-refractivity contribution is 5.92. The van der Waals surface area contributed by atoms with Gasteiger partial charge in [-0.3, -0.25) is 0 Å². The van der Waals surface area contributed by atoms with E-state index in [1.54, 1.807) is 0 Å². The summed E-state index contributed by atoms with van der Waals surface area (Å²) >= 11 is 0. The van der Waals surface area contributed by atoms with Crippen LogP contribution in [0, 0.1) is 0 Å². The van der Waals surface area contributed by atoms with Crippen LogP contribution in [0.15, 0.2) is 36.7 Å². The van der Waals surface area contributed by atoms with E-state index in [0.29, 0.717) is 0 Å². The highest BCUT2D eigenvalue weighted by Gasteiger charge is 2.12. The van der Waals surface area contributed by atoms with Gasteiger partial charge >= 0.3 is 23.9 Å². The van der Waals surface area contributed by atoms with E-state index in [-0.39, 0.29) is 22.8 Å². The lowest BCUT2D eigenvalue weighted by atomic mass is 10.4. The summed E-state index contributed by atoms with van der Waals surface area (Å²) in [7, 11) is 3.01. The van der Waals surface area contributed by atoms with Crippen molar-refractivity contribution in [3.8, 4) is 0 Å². The molecule has 0 aromatic carbocycles. The third-order valence-corrected chi connectivity index (χ3v) is 3.34. The summed E-state index contributed by atoms with van der Waals surface area (Å²) in [6.07, 6.45) is 4.35. The number of nitrogens with one attached hydrogen (secondary N) is 2. The molecule has 0 radical (unpaired) electrons. The molecule has 0 saturated heterocycles. The van der Waals surface area contributed by atoms with Gasteiger partial charge in [0.15, 0.2) is 0 Å². The molecule has 0 unspecified atom stereocenters. The number of aromatic carboxylic acids is 2. The Kier molecular flexibility index (Phi) is 6.06. The molecule has 4 N–H and O–H groups in total. The molecular formula is C16H16N4O8. The SMILES string of the molecule is Cn1cc(NOC(=O)/C=C\C(=O)ONc2cc(C(=O)O)n(C)c2)cc1C(=O)O. The topological polar surface area (TPSA) is 161 Å². The summed E-state index contributed by atoms with van der Waals surface area (Å²) in [4.78, 5) is 54.2. The van der Waals surface area contributed by atoms with Crippen molar-refractivity contribution in [1.29, 1.82) is 0 Å². The Morgan fingerprint density at radius 1 is 0.821 bits per heavy atom. The first kappa shape index (κ1) is 20.1. The van der Waals surface area contributed by atoms with E-state index in [2.05, 4.69) is 20.6 Å². The van der Waals surface area contributed by atoms with Crippen LogP contribution in [-0.4, -0.2) is 43.2 Å². The first-order valence-electron chi connectivity index (χ1n) is 7.58. The Bertz CT molecular complexity index is 880. The van der Waals surface area contributed by atoms with Crippen LogP contribution in [0.5, 0.6) is 0 Å². The zero-order valence-electron chi connectivity index (χ0n) is 14.7. The molecule has 2 heterocycles. The Labute approximate surface area is 157 Å². The van der Waals surface area contributed by atoms with Crippen molar-refractivity contribution < 1.29 is 39.1 Å². The maximum Gasteiger partial charge on any atom is 0.355 e. The number of aromatic nitrogens is 2. The molecule has 0 aliphatic rings. The van der Waals surface area contributed by atoms with Crippen molar-refractivity contribution in [2.45, 2.75) is 0 Å². The predicted octanol–water partition coefficient (Wildman–Crippen LogP) is 0.757. The fourth-order valence-electron chi connectivity index (χ4n) is 2.09. The second kappa shape index (κ2) is 8.44. The Morgan fingerprint density at radius 3 is 1.46 bits per heavy atom. The molecule has 0 aliphatic heterocycles. The van der Waals surface area contributed by atoms with Crippen molar-refractivity contribution >= 4 is 35.3 Å². The lowest BCUT2D eigenvalue weighted by molar-refractivity contribution is -0.137. The van der Waals surface area contributed by atoms with Gasteiger partial charge in [0.1, 0.15) is 11.4 Å². The van der Waals surface area contributed by atoms with E-state index in [9.17, 15) is 19.2 Å². The van der Waals surface area contributed by atoms with Gasteiger partial charge in [0.25, 0.3) is 0 Å². The standard InChI is InChI=1S/C16H16N4O8/c1-19-7-9(5-11(19)15(23)24)17-27-13(21)3-4-14(22)28-18-10-6-12(16(25)26)20(2)8-10/h3-8,17-18H,1-2H3,(H,23,24)(H,25,26)/b4-3-. The van der Waals surface area contributed by atoms with E-state index in [1.165, 1.54) is 47.8 Å². The monoisotopic (exact) mass is 392 g/mol. The van der Waals surface area contributed by atoms with Crippen molar-refractivity contribution in [3.63, 3.8) is 0 Å². The molecule has 12 heteroatoms. The zero-order chi connectivity index (χ0) is 20.8. The maximum atomic E-state index is 11.6. The van der Waals surface area contributed by atoms with Gasteiger partial charge in [0.2, 0.25) is 0 Å².